The van der Waals surface area contributed by atoms with Gasteiger partial charge in [0.05, 0.1) is 17.1 Å². The summed E-state index contributed by atoms with van der Waals surface area (Å²) in [6, 6.07) is 5.69. The Morgan fingerprint density at radius 3 is 3.00 bits per heavy atom. The highest BCUT2D eigenvalue weighted by Gasteiger charge is 2.25. The van der Waals surface area contributed by atoms with E-state index in [0.717, 1.165) is 48.7 Å². The maximum absolute atomic E-state index is 8.81. The number of aryl methyl sites for hydroxylation is 1. The molecule has 3 aromatic rings. The van der Waals surface area contributed by atoms with Crippen LogP contribution in [0.5, 0.6) is 0 Å². The predicted octanol–water partition coefficient (Wildman–Crippen LogP) is 1.57. The van der Waals surface area contributed by atoms with E-state index in [1.807, 2.05) is 19.3 Å². The number of nitriles is 1. The Morgan fingerprint density at radius 1 is 1.28 bits per heavy atom. The average molecular weight is 334 g/mol. The fraction of sp³-hybridized carbons (Fsp3) is 0.353. The first kappa shape index (κ1) is 15.3. The number of aromatic nitrogens is 5. The molecule has 0 unspecified atom stereocenters. The molecule has 1 N–H and O–H groups in total. The van der Waals surface area contributed by atoms with Gasteiger partial charge in [-0.1, -0.05) is 0 Å². The summed E-state index contributed by atoms with van der Waals surface area (Å²) in [5.74, 6) is 2.27. The second kappa shape index (κ2) is 6.36. The first-order valence-corrected chi connectivity index (χ1v) is 8.22. The van der Waals surface area contributed by atoms with Crippen LogP contribution in [0.25, 0.3) is 11.0 Å². The summed E-state index contributed by atoms with van der Waals surface area (Å²) in [7, 11) is 1.89. The van der Waals surface area contributed by atoms with E-state index in [1.165, 1.54) is 0 Å². The molecule has 126 valence electrons. The Morgan fingerprint density at radius 2 is 2.20 bits per heavy atom. The van der Waals surface area contributed by atoms with E-state index in [2.05, 4.69) is 36.3 Å². The lowest BCUT2D eigenvalue weighted by Crippen LogP contribution is -2.23. The molecule has 3 aromatic heterocycles. The summed E-state index contributed by atoms with van der Waals surface area (Å²) >= 11 is 0. The van der Waals surface area contributed by atoms with Crippen molar-refractivity contribution < 1.29 is 0 Å². The van der Waals surface area contributed by atoms with Gasteiger partial charge >= 0.3 is 0 Å². The molecule has 1 aliphatic heterocycles. The molecule has 8 nitrogen and oxygen atoms in total. The van der Waals surface area contributed by atoms with Crippen molar-refractivity contribution in [1.82, 2.24) is 24.7 Å². The average Bonchev–Trinajstić information content (AvgIpc) is 3.27. The number of fused-ring (bicyclic) bond motifs is 1. The monoisotopic (exact) mass is 334 g/mol. The smallest absolute Gasteiger partial charge is 0.163 e. The zero-order valence-electron chi connectivity index (χ0n) is 13.9. The Hall–Kier alpha value is -3.21. The van der Waals surface area contributed by atoms with Crippen LogP contribution in [-0.4, -0.2) is 44.4 Å². The molecule has 1 fully saturated rings. The molecule has 4 rings (SSSR count). The molecular weight excluding hydrogens is 316 g/mol. The minimum atomic E-state index is 0.513. The SMILES string of the molecule is Cn1ncc2c(N3CC[C@H](CNc4ccc(C#N)cn4)C3)ncnc21. The molecule has 0 spiro atoms. The van der Waals surface area contributed by atoms with Gasteiger partial charge < -0.3 is 10.2 Å². The van der Waals surface area contributed by atoms with E-state index in [0.29, 0.717) is 11.5 Å². The van der Waals surface area contributed by atoms with Crippen molar-refractivity contribution >= 4 is 22.7 Å². The van der Waals surface area contributed by atoms with E-state index >= 15 is 0 Å². The third-order valence-electron chi connectivity index (χ3n) is 4.56. The maximum Gasteiger partial charge on any atom is 0.163 e. The molecule has 0 amide bonds. The van der Waals surface area contributed by atoms with E-state index in [9.17, 15) is 0 Å². The van der Waals surface area contributed by atoms with E-state index < -0.39 is 0 Å². The topological polar surface area (TPSA) is 95.6 Å². The van der Waals surface area contributed by atoms with Gasteiger partial charge in [0, 0.05) is 32.9 Å². The predicted molar refractivity (Wildman–Crippen MR) is 94.1 cm³/mol. The van der Waals surface area contributed by atoms with E-state index in [4.69, 9.17) is 5.26 Å². The van der Waals surface area contributed by atoms with Gasteiger partial charge in [0.2, 0.25) is 0 Å². The minimum absolute atomic E-state index is 0.513. The summed E-state index contributed by atoms with van der Waals surface area (Å²) in [6.45, 7) is 2.75. The van der Waals surface area contributed by atoms with Crippen LogP contribution in [-0.2, 0) is 7.05 Å². The van der Waals surface area contributed by atoms with Crippen LogP contribution < -0.4 is 10.2 Å². The number of pyridine rings is 1. The quantitative estimate of drug-likeness (QED) is 0.773. The Bertz CT molecular complexity index is 924. The molecule has 1 atom stereocenters. The van der Waals surface area contributed by atoms with Gasteiger partial charge in [0.25, 0.3) is 0 Å². The highest BCUT2D eigenvalue weighted by molar-refractivity contribution is 5.86. The number of rotatable bonds is 4. The Labute approximate surface area is 145 Å². The second-order valence-corrected chi connectivity index (χ2v) is 6.23. The van der Waals surface area contributed by atoms with Crippen LogP contribution in [0, 0.1) is 17.2 Å². The molecule has 0 saturated carbocycles. The zero-order chi connectivity index (χ0) is 17.2. The highest BCUT2D eigenvalue weighted by atomic mass is 15.3. The largest absolute Gasteiger partial charge is 0.370 e. The van der Waals surface area contributed by atoms with Crippen LogP contribution in [0.1, 0.15) is 12.0 Å². The van der Waals surface area contributed by atoms with Gasteiger partial charge in [0.1, 0.15) is 24.0 Å². The minimum Gasteiger partial charge on any atom is -0.370 e. The van der Waals surface area contributed by atoms with E-state index in [-0.39, 0.29) is 0 Å². The summed E-state index contributed by atoms with van der Waals surface area (Å²) in [5, 5.41) is 17.4. The van der Waals surface area contributed by atoms with Crippen molar-refractivity contribution in [3.63, 3.8) is 0 Å². The zero-order valence-corrected chi connectivity index (χ0v) is 13.9. The normalized spacial score (nSPS) is 17.0. The summed E-state index contributed by atoms with van der Waals surface area (Å²) in [5.41, 5.74) is 1.43. The van der Waals surface area contributed by atoms with Gasteiger partial charge in [-0.15, -0.1) is 0 Å². The van der Waals surface area contributed by atoms with Crippen LogP contribution in [0.15, 0.2) is 30.9 Å². The van der Waals surface area contributed by atoms with Crippen molar-refractivity contribution in [3.05, 3.63) is 36.4 Å². The van der Waals surface area contributed by atoms with E-state index in [1.54, 1.807) is 23.3 Å². The number of hydrogen-bond donors (Lipinski definition) is 1. The summed E-state index contributed by atoms with van der Waals surface area (Å²) in [6.07, 6.45) is 6.11. The molecule has 0 bridgehead atoms. The molecule has 0 radical (unpaired) electrons. The standard InChI is InChI=1S/C17H18N8/c1-24-16-14(9-23-24)17(22-11-21-16)25-5-4-13(10-25)8-20-15-3-2-12(6-18)7-19-15/h2-3,7,9,11,13H,4-5,8,10H2,1H3,(H,19,20)/t13-/m1/s1. The number of nitrogens with one attached hydrogen (secondary N) is 1. The summed E-state index contributed by atoms with van der Waals surface area (Å²) in [4.78, 5) is 15.3. The van der Waals surface area contributed by atoms with Crippen LogP contribution in [0.2, 0.25) is 0 Å². The molecule has 0 aliphatic carbocycles. The Kier molecular flexibility index (Phi) is 3.90. The van der Waals surface area contributed by atoms with Crippen LogP contribution in [0.4, 0.5) is 11.6 Å². The van der Waals surface area contributed by atoms with Crippen molar-refractivity contribution in [2.45, 2.75) is 6.42 Å². The molecular formula is C17H18N8. The maximum atomic E-state index is 8.81. The fourth-order valence-corrected chi connectivity index (χ4v) is 3.21. The molecule has 0 aromatic carbocycles. The lowest BCUT2D eigenvalue weighted by Gasteiger charge is -2.18. The Balaban J connectivity index is 1.41. The molecule has 1 aliphatic rings. The van der Waals surface area contributed by atoms with Gasteiger partial charge in [0.15, 0.2) is 5.65 Å². The van der Waals surface area contributed by atoms with Crippen molar-refractivity contribution in [2.75, 3.05) is 29.9 Å². The van der Waals surface area contributed by atoms with Crippen molar-refractivity contribution in [2.24, 2.45) is 13.0 Å². The van der Waals surface area contributed by atoms with Gasteiger partial charge in [-0.25, -0.2) is 15.0 Å². The third-order valence-corrected chi connectivity index (χ3v) is 4.56. The lowest BCUT2D eigenvalue weighted by molar-refractivity contribution is 0.621. The lowest BCUT2D eigenvalue weighted by atomic mass is 10.1. The summed E-state index contributed by atoms with van der Waals surface area (Å²) < 4.78 is 1.77. The second-order valence-electron chi connectivity index (χ2n) is 6.23. The molecule has 4 heterocycles. The van der Waals surface area contributed by atoms with Gasteiger partial charge in [-0.05, 0) is 24.5 Å². The molecule has 25 heavy (non-hydrogen) atoms. The van der Waals surface area contributed by atoms with Crippen molar-refractivity contribution in [1.29, 1.82) is 5.26 Å². The number of anilines is 2. The highest BCUT2D eigenvalue weighted by Crippen LogP contribution is 2.27. The first-order chi connectivity index (χ1) is 12.2. The first-order valence-electron chi connectivity index (χ1n) is 8.22. The number of hydrogen-bond acceptors (Lipinski definition) is 7. The van der Waals surface area contributed by atoms with Crippen LogP contribution >= 0.6 is 0 Å². The van der Waals surface area contributed by atoms with Gasteiger partial charge in [-0.3, -0.25) is 4.68 Å². The number of nitrogens with zero attached hydrogens (tertiary/aromatic N) is 7. The molecule has 8 heteroatoms. The van der Waals surface area contributed by atoms with Crippen LogP contribution in [0.3, 0.4) is 0 Å². The molecule has 1 saturated heterocycles. The van der Waals surface area contributed by atoms with Gasteiger partial charge in [-0.2, -0.15) is 10.4 Å². The van der Waals surface area contributed by atoms with Crippen molar-refractivity contribution in [3.8, 4) is 6.07 Å². The fourth-order valence-electron chi connectivity index (χ4n) is 3.21. The third kappa shape index (κ3) is 2.96.